The van der Waals surface area contributed by atoms with Crippen molar-refractivity contribution in [1.29, 1.82) is 0 Å². The summed E-state index contributed by atoms with van der Waals surface area (Å²) in [5.41, 5.74) is 3.30. The van der Waals surface area contributed by atoms with Gasteiger partial charge in [0.15, 0.2) is 15.6 Å². The fraction of sp³-hybridized carbons (Fsp3) is 0.103. The van der Waals surface area contributed by atoms with E-state index in [1.807, 2.05) is 0 Å². The SMILES string of the molecule is Nc1c(N=Nc2ccc(S(=O)(=O)CCOS(=O)(=O)O)cc2)c(S(=O)(=O)O)cc2cc(SOOO)c(N=Nc3cc4c(cc3S(=O)(=O)O)Cc3c(F)nc(F)nc3N4)c(O)c12. The number of rotatable bonds is 14. The molecule has 0 amide bonds. The molecular weight excluding hydrogens is 915 g/mol. The van der Waals surface area contributed by atoms with Crippen molar-refractivity contribution in [2.24, 2.45) is 20.5 Å². The van der Waals surface area contributed by atoms with Crippen LogP contribution in [-0.2, 0) is 60.4 Å². The minimum Gasteiger partial charge on any atom is -0.505 e. The third-order valence-electron chi connectivity index (χ3n) is 8.06. The second-order valence-electron chi connectivity index (χ2n) is 11.8. The highest BCUT2D eigenvalue weighted by Crippen LogP contribution is 2.50. The Balaban J connectivity index is 1.44. The van der Waals surface area contributed by atoms with Gasteiger partial charge in [0, 0.05) is 12.1 Å². The average Bonchev–Trinajstić information content (AvgIpc) is 3.14. The average molecular weight is 937 g/mol. The van der Waals surface area contributed by atoms with E-state index in [4.69, 9.17) is 15.5 Å². The molecule has 6 rings (SSSR count). The van der Waals surface area contributed by atoms with Gasteiger partial charge >= 0.3 is 16.5 Å². The molecule has 1 aliphatic heterocycles. The lowest BCUT2D eigenvalue weighted by Gasteiger charge is -2.21. The smallest absolute Gasteiger partial charge is 0.397 e. The van der Waals surface area contributed by atoms with E-state index in [0.717, 1.165) is 48.5 Å². The maximum atomic E-state index is 14.4. The van der Waals surface area contributed by atoms with Crippen molar-refractivity contribution in [3.8, 4) is 5.75 Å². The molecule has 0 atom stereocenters. The van der Waals surface area contributed by atoms with Crippen LogP contribution < -0.4 is 11.1 Å². The van der Waals surface area contributed by atoms with Crippen LogP contribution in [0.4, 0.5) is 48.7 Å². The third kappa shape index (κ3) is 9.61. The molecule has 318 valence electrons. The number of aromatic hydroxyl groups is 1. The molecule has 8 N–H and O–H groups in total. The Bertz CT molecular complexity index is 3110. The molecule has 0 spiro atoms. The molecular formula is C29H22F2N8O16S5. The largest absolute Gasteiger partial charge is 0.505 e. The topological polar surface area (TPSA) is 379 Å². The van der Waals surface area contributed by atoms with Crippen molar-refractivity contribution < 1.29 is 80.0 Å². The number of hydrogen-bond acceptors (Lipinski definition) is 22. The predicted molar refractivity (Wildman–Crippen MR) is 199 cm³/mol. The number of halogens is 2. The summed E-state index contributed by atoms with van der Waals surface area (Å²) < 4.78 is 162. The predicted octanol–water partition coefficient (Wildman–Crippen LogP) is 5.19. The van der Waals surface area contributed by atoms with Gasteiger partial charge in [-0.25, -0.2) is 17.9 Å². The van der Waals surface area contributed by atoms with Crippen LogP contribution in [0.15, 0.2) is 88.6 Å². The van der Waals surface area contributed by atoms with Gasteiger partial charge in [0.25, 0.3) is 20.2 Å². The number of sulfone groups is 1. The molecule has 24 nitrogen and oxygen atoms in total. The van der Waals surface area contributed by atoms with Gasteiger partial charge < -0.3 is 16.2 Å². The van der Waals surface area contributed by atoms with Gasteiger partial charge in [0.2, 0.25) is 5.95 Å². The second kappa shape index (κ2) is 16.5. The first-order valence-electron chi connectivity index (χ1n) is 15.6. The van der Waals surface area contributed by atoms with Gasteiger partial charge in [-0.1, -0.05) is 5.04 Å². The molecule has 5 aromatic rings. The van der Waals surface area contributed by atoms with Crippen LogP contribution in [0, 0.1) is 12.0 Å². The Morgan fingerprint density at radius 3 is 2.15 bits per heavy atom. The van der Waals surface area contributed by atoms with Crippen LogP contribution in [-0.4, -0.2) is 80.0 Å². The van der Waals surface area contributed by atoms with E-state index in [1.54, 1.807) is 0 Å². The number of hydrogen-bond donors (Lipinski definition) is 7. The van der Waals surface area contributed by atoms with E-state index in [-0.39, 0.29) is 62.0 Å². The molecule has 4 aromatic carbocycles. The van der Waals surface area contributed by atoms with Crippen LogP contribution in [0.5, 0.6) is 5.75 Å². The zero-order valence-corrected chi connectivity index (χ0v) is 33.1. The first kappa shape index (κ1) is 44.1. The quantitative estimate of drug-likeness (QED) is 0.0108. The number of nitrogens with one attached hydrogen (secondary N) is 1. The van der Waals surface area contributed by atoms with Crippen LogP contribution >= 0.6 is 12.0 Å². The van der Waals surface area contributed by atoms with Crippen molar-refractivity contribution >= 4 is 103 Å². The number of anilines is 3. The molecule has 0 saturated heterocycles. The van der Waals surface area contributed by atoms with Crippen molar-refractivity contribution in [2.45, 2.75) is 26.0 Å². The zero-order chi connectivity index (χ0) is 43.9. The molecule has 1 aliphatic rings. The van der Waals surface area contributed by atoms with E-state index in [9.17, 15) is 56.7 Å². The molecule has 0 saturated carbocycles. The van der Waals surface area contributed by atoms with E-state index < -0.39 is 109 Å². The minimum absolute atomic E-state index is 0.00854. The van der Waals surface area contributed by atoms with Gasteiger partial charge in [-0.05, 0) is 59.5 Å². The number of benzene rings is 4. The van der Waals surface area contributed by atoms with E-state index in [2.05, 4.69) is 49.3 Å². The summed E-state index contributed by atoms with van der Waals surface area (Å²) in [4.78, 5) is 3.95. The summed E-state index contributed by atoms with van der Waals surface area (Å²) in [6, 6.07) is 7.94. The summed E-state index contributed by atoms with van der Waals surface area (Å²) in [7, 11) is -19.4. The fourth-order valence-corrected chi connectivity index (χ4v) is 8.80. The zero-order valence-electron chi connectivity index (χ0n) is 29.0. The summed E-state index contributed by atoms with van der Waals surface area (Å²) in [6.45, 7) is -0.907. The molecule has 60 heavy (non-hydrogen) atoms. The molecule has 0 fully saturated rings. The first-order chi connectivity index (χ1) is 28.0. The van der Waals surface area contributed by atoms with Gasteiger partial charge in [0.1, 0.15) is 32.7 Å². The van der Waals surface area contributed by atoms with Crippen molar-refractivity contribution in [3.63, 3.8) is 0 Å². The molecule has 0 bridgehead atoms. The van der Waals surface area contributed by atoms with Crippen molar-refractivity contribution in [2.75, 3.05) is 23.4 Å². The maximum absolute atomic E-state index is 14.4. The monoisotopic (exact) mass is 936 g/mol. The van der Waals surface area contributed by atoms with E-state index in [1.165, 1.54) is 0 Å². The highest BCUT2D eigenvalue weighted by Gasteiger charge is 2.28. The van der Waals surface area contributed by atoms with Gasteiger partial charge in [-0.15, -0.1) is 19.7 Å². The van der Waals surface area contributed by atoms with Gasteiger partial charge in [-0.2, -0.15) is 49.1 Å². The highest BCUT2D eigenvalue weighted by atomic mass is 32.3. The molecule has 0 unspecified atom stereocenters. The van der Waals surface area contributed by atoms with Crippen molar-refractivity contribution in [3.05, 3.63) is 71.7 Å². The normalized spacial score (nSPS) is 13.5. The highest BCUT2D eigenvalue weighted by molar-refractivity contribution is 7.94. The standard InChI is InChI=1S/C29H22F2N8O16S5/c30-27-16-7-12-9-20(58(44,45)46)18(11-17(12)33-28(16)35-29(31)34-27)37-38-24-19(56-55-54-41)8-13-10-21(59(47,48)49)25(23(32)22(13)26(24)40)39-36-14-1-3-15(4-2-14)57(42,43)6-5-53-60(50,51)52/h1-4,8-11,40-41H,5-7,32H2,(H,33,34,35)(H,44,45,46)(H,47,48,49)(H,50,51,52). The molecule has 2 heterocycles. The number of azo groups is 2. The lowest BCUT2D eigenvalue weighted by molar-refractivity contribution is -0.432. The lowest BCUT2D eigenvalue weighted by Crippen LogP contribution is -2.15. The number of aromatic nitrogens is 2. The molecule has 0 radical (unpaired) electrons. The number of phenols is 1. The number of nitrogen functional groups attached to an aromatic ring is 1. The minimum atomic E-state index is -5.19. The summed E-state index contributed by atoms with van der Waals surface area (Å²) >= 11 is 0.144. The molecule has 31 heteroatoms. The first-order valence-corrected chi connectivity index (χ1v) is 22.3. The second-order valence-corrected chi connectivity index (χ2v) is 18.6. The van der Waals surface area contributed by atoms with Gasteiger partial charge in [0.05, 0.1) is 56.5 Å². The van der Waals surface area contributed by atoms with Crippen LogP contribution in [0.1, 0.15) is 11.1 Å². The van der Waals surface area contributed by atoms with Gasteiger partial charge in [-0.3, -0.25) is 13.7 Å². The molecule has 0 aliphatic carbocycles. The molecule has 1 aromatic heterocycles. The number of fused-ring (bicyclic) bond motifs is 3. The van der Waals surface area contributed by atoms with E-state index >= 15 is 0 Å². The summed E-state index contributed by atoms with van der Waals surface area (Å²) in [5, 5.41) is 41.2. The number of nitrogens with zero attached hydrogens (tertiary/aromatic N) is 6. The Morgan fingerprint density at radius 2 is 1.52 bits per heavy atom. The maximum Gasteiger partial charge on any atom is 0.397 e. The van der Waals surface area contributed by atoms with Crippen molar-refractivity contribution in [1.82, 2.24) is 9.97 Å². The fourth-order valence-electron chi connectivity index (χ4n) is 5.49. The Labute approximate surface area is 339 Å². The number of nitrogens with two attached hydrogens (primary N) is 1. The Kier molecular flexibility index (Phi) is 12.2. The third-order valence-corrected chi connectivity index (χ3v) is 12.6. The van der Waals surface area contributed by atoms with Crippen LogP contribution in [0.25, 0.3) is 10.8 Å². The lowest BCUT2D eigenvalue weighted by atomic mass is 10.00. The van der Waals surface area contributed by atoms with Crippen LogP contribution in [0.3, 0.4) is 0 Å². The Morgan fingerprint density at radius 1 is 0.850 bits per heavy atom. The van der Waals surface area contributed by atoms with E-state index in [0.29, 0.717) is 0 Å². The summed E-state index contributed by atoms with van der Waals surface area (Å²) in [5.74, 6) is -3.34. The Hall–Kier alpha value is -5.45. The van der Waals surface area contributed by atoms with Crippen LogP contribution in [0.2, 0.25) is 0 Å². The summed E-state index contributed by atoms with van der Waals surface area (Å²) in [6.07, 6.45) is -1.77. The number of phenolic OH excluding ortho intramolecular Hbond substituents is 1.